The molecule has 0 saturated carbocycles. The van der Waals surface area contributed by atoms with Crippen LogP contribution in [0.4, 0.5) is 0 Å². The third kappa shape index (κ3) is 1.96. The van der Waals surface area contributed by atoms with E-state index in [0.29, 0.717) is 0 Å². The average Bonchev–Trinajstić information content (AvgIpc) is 2.79. The molecular weight excluding hydrogens is 206 g/mol. The second-order valence-corrected chi connectivity index (χ2v) is 5.08. The van der Waals surface area contributed by atoms with Crippen molar-refractivity contribution in [2.24, 2.45) is 0 Å². The molecule has 0 radical (unpaired) electrons. The minimum Gasteiger partial charge on any atom is -0.309 e. The van der Waals surface area contributed by atoms with Crippen molar-refractivity contribution in [1.29, 1.82) is 0 Å². The number of hydrogen-bond donors (Lipinski definition) is 2. The molecule has 0 spiro atoms. The molecule has 1 atom stereocenters. The second kappa shape index (κ2) is 4.16. The molecule has 0 aromatic carbocycles. The van der Waals surface area contributed by atoms with Crippen molar-refractivity contribution >= 4 is 11.3 Å². The first-order valence-corrected chi connectivity index (χ1v) is 5.77. The predicted molar refractivity (Wildman–Crippen MR) is 63.3 cm³/mol. The van der Waals surface area contributed by atoms with E-state index in [1.165, 1.54) is 20.9 Å². The number of H-pyrrole nitrogens is 1. The Balaban J connectivity index is 2.39. The molecule has 0 fully saturated rings. The van der Waals surface area contributed by atoms with Crippen LogP contribution in [0.1, 0.15) is 26.9 Å². The van der Waals surface area contributed by atoms with Crippen LogP contribution in [0, 0.1) is 13.8 Å². The Morgan fingerprint density at radius 2 is 2.27 bits per heavy atom. The quantitative estimate of drug-likeness (QED) is 0.835. The van der Waals surface area contributed by atoms with E-state index in [2.05, 4.69) is 35.4 Å². The van der Waals surface area contributed by atoms with Crippen LogP contribution in [-0.4, -0.2) is 17.2 Å². The number of nitrogens with zero attached hydrogens (tertiary/aromatic N) is 1. The number of hydrogen-bond acceptors (Lipinski definition) is 3. The summed E-state index contributed by atoms with van der Waals surface area (Å²) >= 11 is 1.84. The molecule has 2 aromatic rings. The van der Waals surface area contributed by atoms with Crippen LogP contribution in [0.5, 0.6) is 0 Å². The fourth-order valence-corrected chi connectivity index (χ4v) is 2.82. The maximum atomic E-state index is 3.99. The highest BCUT2D eigenvalue weighted by Crippen LogP contribution is 2.29. The van der Waals surface area contributed by atoms with Crippen LogP contribution >= 0.6 is 11.3 Å². The molecular formula is C11H15N3S. The fraction of sp³-hybridized carbons (Fsp3) is 0.364. The highest BCUT2D eigenvalue weighted by Gasteiger charge is 2.16. The van der Waals surface area contributed by atoms with E-state index >= 15 is 0 Å². The van der Waals surface area contributed by atoms with Crippen LogP contribution in [0.25, 0.3) is 0 Å². The molecule has 2 N–H and O–H groups in total. The van der Waals surface area contributed by atoms with Gasteiger partial charge in [-0.2, -0.15) is 5.10 Å². The molecule has 3 nitrogen and oxygen atoms in total. The topological polar surface area (TPSA) is 40.7 Å². The number of nitrogens with one attached hydrogen (secondary N) is 2. The maximum absolute atomic E-state index is 3.99. The summed E-state index contributed by atoms with van der Waals surface area (Å²) in [5.41, 5.74) is 2.53. The van der Waals surface area contributed by atoms with Gasteiger partial charge in [0.25, 0.3) is 0 Å². The van der Waals surface area contributed by atoms with Crippen LogP contribution in [0.15, 0.2) is 18.5 Å². The molecule has 2 aromatic heterocycles. The SMILES string of the molecule is CNC(c1cn[nH]c1)c1cc(C)sc1C. The minimum atomic E-state index is 0.244. The van der Waals surface area contributed by atoms with Gasteiger partial charge in [-0.05, 0) is 32.5 Å². The first kappa shape index (κ1) is 10.4. The van der Waals surface area contributed by atoms with E-state index in [0.717, 1.165) is 0 Å². The van der Waals surface area contributed by atoms with E-state index in [4.69, 9.17) is 0 Å². The molecule has 2 heterocycles. The third-order valence-corrected chi connectivity index (χ3v) is 3.51. The summed E-state index contributed by atoms with van der Waals surface area (Å²) in [6, 6.07) is 2.49. The summed E-state index contributed by atoms with van der Waals surface area (Å²) in [7, 11) is 1.98. The van der Waals surface area contributed by atoms with Crippen LogP contribution in [0.2, 0.25) is 0 Å². The summed E-state index contributed by atoms with van der Waals surface area (Å²) in [5.74, 6) is 0. The molecule has 2 rings (SSSR count). The number of aromatic nitrogens is 2. The van der Waals surface area contributed by atoms with Gasteiger partial charge in [0.05, 0.1) is 12.2 Å². The van der Waals surface area contributed by atoms with Gasteiger partial charge in [0.2, 0.25) is 0 Å². The Morgan fingerprint density at radius 1 is 1.47 bits per heavy atom. The lowest BCUT2D eigenvalue weighted by Gasteiger charge is -2.14. The smallest absolute Gasteiger partial charge is 0.0616 e. The number of thiophene rings is 1. The van der Waals surface area contributed by atoms with Gasteiger partial charge in [-0.25, -0.2) is 0 Å². The average molecular weight is 221 g/mol. The molecule has 0 bridgehead atoms. The first-order valence-electron chi connectivity index (χ1n) is 4.95. The van der Waals surface area contributed by atoms with Crippen molar-refractivity contribution < 1.29 is 0 Å². The van der Waals surface area contributed by atoms with Crippen molar-refractivity contribution in [3.63, 3.8) is 0 Å². The Morgan fingerprint density at radius 3 is 2.73 bits per heavy atom. The largest absolute Gasteiger partial charge is 0.309 e. The molecule has 4 heteroatoms. The van der Waals surface area contributed by atoms with Gasteiger partial charge in [0, 0.05) is 21.5 Å². The summed E-state index contributed by atoms with van der Waals surface area (Å²) in [4.78, 5) is 2.72. The summed E-state index contributed by atoms with van der Waals surface area (Å²) < 4.78 is 0. The van der Waals surface area contributed by atoms with Crippen molar-refractivity contribution in [2.45, 2.75) is 19.9 Å². The van der Waals surface area contributed by atoms with Gasteiger partial charge >= 0.3 is 0 Å². The fourth-order valence-electron chi connectivity index (χ4n) is 1.86. The molecule has 0 aliphatic carbocycles. The maximum Gasteiger partial charge on any atom is 0.0616 e. The summed E-state index contributed by atoms with van der Waals surface area (Å²) in [6.45, 7) is 4.31. The molecule has 0 aliphatic rings. The Labute approximate surface area is 93.5 Å². The van der Waals surface area contributed by atoms with Crippen molar-refractivity contribution in [2.75, 3.05) is 7.05 Å². The molecule has 15 heavy (non-hydrogen) atoms. The van der Waals surface area contributed by atoms with E-state index < -0.39 is 0 Å². The van der Waals surface area contributed by atoms with Gasteiger partial charge in [0.1, 0.15) is 0 Å². The Bertz CT molecular complexity index is 431. The van der Waals surface area contributed by atoms with Crippen molar-refractivity contribution in [1.82, 2.24) is 15.5 Å². The summed E-state index contributed by atoms with van der Waals surface area (Å²) in [5, 5.41) is 10.2. The normalized spacial score (nSPS) is 13.0. The lowest BCUT2D eigenvalue weighted by molar-refractivity contribution is 0.691. The van der Waals surface area contributed by atoms with E-state index in [9.17, 15) is 0 Å². The molecule has 1 unspecified atom stereocenters. The van der Waals surface area contributed by atoms with Gasteiger partial charge in [0.15, 0.2) is 0 Å². The standard InChI is InChI=1S/C11H15N3S/c1-7-4-10(8(2)15-7)11(12-3)9-5-13-14-6-9/h4-6,11-12H,1-3H3,(H,13,14). The van der Waals surface area contributed by atoms with Gasteiger partial charge in [-0.3, -0.25) is 5.10 Å². The minimum absolute atomic E-state index is 0.244. The number of aromatic amines is 1. The van der Waals surface area contributed by atoms with Crippen LogP contribution in [0.3, 0.4) is 0 Å². The zero-order valence-corrected chi connectivity index (χ0v) is 9.98. The predicted octanol–water partition coefficient (Wildman–Crippen LogP) is 2.40. The zero-order chi connectivity index (χ0) is 10.8. The number of aryl methyl sites for hydroxylation is 2. The number of rotatable bonds is 3. The lowest BCUT2D eigenvalue weighted by atomic mass is 10.0. The van der Waals surface area contributed by atoms with E-state index in [1.54, 1.807) is 0 Å². The third-order valence-electron chi connectivity index (χ3n) is 2.53. The van der Waals surface area contributed by atoms with Gasteiger partial charge in [-0.1, -0.05) is 0 Å². The second-order valence-electron chi connectivity index (χ2n) is 3.62. The van der Waals surface area contributed by atoms with Crippen molar-refractivity contribution in [3.8, 4) is 0 Å². The van der Waals surface area contributed by atoms with Gasteiger partial charge < -0.3 is 5.32 Å². The molecule has 0 aliphatic heterocycles. The Hall–Kier alpha value is -1.13. The van der Waals surface area contributed by atoms with Crippen molar-refractivity contribution in [3.05, 3.63) is 39.3 Å². The van der Waals surface area contributed by atoms with Crippen LogP contribution in [-0.2, 0) is 0 Å². The first-order chi connectivity index (χ1) is 7.22. The van der Waals surface area contributed by atoms with Crippen LogP contribution < -0.4 is 5.32 Å². The molecule has 80 valence electrons. The van der Waals surface area contributed by atoms with E-state index in [1.807, 2.05) is 30.8 Å². The Kier molecular flexibility index (Phi) is 2.88. The summed E-state index contributed by atoms with van der Waals surface area (Å²) in [6.07, 6.45) is 3.81. The molecule has 0 amide bonds. The molecule has 0 saturated heterocycles. The highest BCUT2D eigenvalue weighted by atomic mass is 32.1. The highest BCUT2D eigenvalue weighted by molar-refractivity contribution is 7.12. The van der Waals surface area contributed by atoms with Gasteiger partial charge in [-0.15, -0.1) is 11.3 Å². The monoisotopic (exact) mass is 221 g/mol. The van der Waals surface area contributed by atoms with E-state index in [-0.39, 0.29) is 6.04 Å². The zero-order valence-electron chi connectivity index (χ0n) is 9.16. The lowest BCUT2D eigenvalue weighted by Crippen LogP contribution is -2.17.